The number of hydrogen-bond donors (Lipinski definition) is 0. The fourth-order valence-electron chi connectivity index (χ4n) is 7.92. The van der Waals surface area contributed by atoms with E-state index in [0.29, 0.717) is 39.5 Å². The molecule has 0 unspecified atom stereocenters. The predicted octanol–water partition coefficient (Wildman–Crippen LogP) is 14.2. The molecule has 298 valence electrons. The molecule has 0 amide bonds. The molecule has 0 aliphatic carbocycles. The van der Waals surface area contributed by atoms with Gasteiger partial charge in [0.25, 0.3) is 0 Å². The van der Waals surface area contributed by atoms with Crippen LogP contribution in [0.5, 0.6) is 5.75 Å². The highest BCUT2D eigenvalue weighted by molar-refractivity contribution is 6.42. The zero-order valence-corrected chi connectivity index (χ0v) is 35.3. The smallest absolute Gasteiger partial charge is 0.497 e. The van der Waals surface area contributed by atoms with E-state index < -0.39 is 7.40 Å². The van der Waals surface area contributed by atoms with Crippen molar-refractivity contribution in [3.63, 3.8) is 0 Å². The van der Waals surface area contributed by atoms with Crippen LogP contribution in [0.2, 0.25) is 0 Å². The number of allylic oxidation sites excluding steroid dienone is 2. The Balaban J connectivity index is 1.48. The Morgan fingerprint density at radius 2 is 1.03 bits per heavy atom. The van der Waals surface area contributed by atoms with Crippen LogP contribution in [0.15, 0.2) is 181 Å². The van der Waals surface area contributed by atoms with Crippen molar-refractivity contribution < 1.29 is 13.4 Å². The van der Waals surface area contributed by atoms with E-state index >= 15 is 8.63 Å². The Labute approximate surface area is 353 Å². The Bertz CT molecular complexity index is 2710. The number of benzene rings is 6. The van der Waals surface area contributed by atoms with Crippen molar-refractivity contribution in [1.82, 2.24) is 4.48 Å². The van der Waals surface area contributed by atoms with Gasteiger partial charge in [-0.15, -0.1) is 0 Å². The summed E-state index contributed by atoms with van der Waals surface area (Å²) in [7, 11) is -1.29. The third-order valence-corrected chi connectivity index (χ3v) is 11.3. The average molecular weight is 791 g/mol. The maximum atomic E-state index is 16.3. The molecular weight excluding hydrogens is 741 g/mol. The van der Waals surface area contributed by atoms with Gasteiger partial charge < -0.3 is 9.21 Å². The summed E-state index contributed by atoms with van der Waals surface area (Å²) in [6, 6.07) is 54.6. The third-order valence-electron chi connectivity index (χ3n) is 11.3. The van der Waals surface area contributed by atoms with Gasteiger partial charge in [-0.05, 0) is 91.7 Å². The summed E-state index contributed by atoms with van der Waals surface area (Å²) in [6.07, 6.45) is 2.10. The van der Waals surface area contributed by atoms with Crippen molar-refractivity contribution in [1.29, 1.82) is 0 Å². The molecule has 60 heavy (non-hydrogen) atoms. The lowest BCUT2D eigenvalue weighted by Crippen LogP contribution is -2.18. The molecule has 0 N–H and O–H groups in total. The van der Waals surface area contributed by atoms with Crippen LogP contribution in [0.4, 0.5) is 8.63 Å². The van der Waals surface area contributed by atoms with Gasteiger partial charge in [0.2, 0.25) is 0 Å². The Hall–Kier alpha value is -6.53. The highest BCUT2D eigenvalue weighted by atomic mass is 19.2. The first kappa shape index (κ1) is 40.3. The number of nitrogens with zero attached hydrogens (tertiary/aromatic N) is 2. The zero-order chi connectivity index (χ0) is 42.2. The lowest BCUT2D eigenvalue weighted by molar-refractivity contribution is 0.415. The van der Waals surface area contributed by atoms with Gasteiger partial charge >= 0.3 is 7.40 Å². The SMILES string of the molecule is COc1ccc(-c2cc(-c3ccc(C(C)(C)C)cc3)c(/C(=C3\N=C(c4ccccc4)C=C3c3ccc(C(C)(C)C)cc3)c3ccc(-c4ccccc4)cc3)n2B(F)F)cc1. The van der Waals surface area contributed by atoms with Crippen molar-refractivity contribution in [3.05, 3.63) is 209 Å². The Kier molecular flexibility index (Phi) is 10.9. The van der Waals surface area contributed by atoms with Crippen LogP contribution in [0.1, 0.15) is 75.1 Å². The fourth-order valence-corrected chi connectivity index (χ4v) is 7.92. The van der Waals surface area contributed by atoms with Gasteiger partial charge in [-0.25, -0.2) is 4.99 Å². The molecule has 8 rings (SSSR count). The molecule has 0 saturated heterocycles. The van der Waals surface area contributed by atoms with Crippen LogP contribution in [-0.4, -0.2) is 24.7 Å². The number of rotatable bonds is 9. The Morgan fingerprint density at radius 1 is 0.550 bits per heavy atom. The van der Waals surface area contributed by atoms with Gasteiger partial charge in [0.1, 0.15) is 5.75 Å². The number of halogens is 2. The molecular formula is C54H49BF2N2O. The Morgan fingerprint density at radius 3 is 1.55 bits per heavy atom. The normalized spacial score (nSPS) is 13.8. The molecule has 3 nitrogen and oxygen atoms in total. The molecule has 0 saturated carbocycles. The summed E-state index contributed by atoms with van der Waals surface area (Å²) in [5.41, 5.74) is 12.8. The van der Waals surface area contributed by atoms with Crippen LogP contribution in [0.3, 0.4) is 0 Å². The van der Waals surface area contributed by atoms with Gasteiger partial charge in [0, 0.05) is 28.0 Å². The molecule has 0 radical (unpaired) electrons. The van der Waals surface area contributed by atoms with Crippen molar-refractivity contribution in [2.45, 2.75) is 52.4 Å². The van der Waals surface area contributed by atoms with Gasteiger partial charge in [-0.3, -0.25) is 8.63 Å². The molecule has 0 spiro atoms. The molecule has 6 aromatic carbocycles. The second-order valence-corrected chi connectivity index (χ2v) is 17.4. The van der Waals surface area contributed by atoms with Crippen molar-refractivity contribution >= 4 is 24.3 Å². The average Bonchev–Trinajstić information content (AvgIpc) is 3.88. The predicted molar refractivity (Wildman–Crippen MR) is 248 cm³/mol. The van der Waals surface area contributed by atoms with E-state index in [1.807, 2.05) is 91.0 Å². The molecule has 0 atom stereocenters. The summed E-state index contributed by atoms with van der Waals surface area (Å²) in [6.45, 7) is 13.1. The van der Waals surface area contributed by atoms with Gasteiger partial charge in [0.15, 0.2) is 0 Å². The standard InChI is InChI=1S/C54H49BF2N2O/c1-53(2,3)43-28-22-38(23-29-43)46-34-48(40-16-12-9-13-17-40)58-51(46)50(42-20-18-37(19-21-42)36-14-10-8-11-15-36)52-47(39-24-30-44(31-25-39)54(4,5)6)35-49(59(52)55(56)57)41-26-32-45(60-7)33-27-41/h8-35H,1-7H3/b51-50-. The topological polar surface area (TPSA) is 26.5 Å². The van der Waals surface area contributed by atoms with E-state index in [2.05, 4.69) is 120 Å². The molecule has 1 aliphatic heterocycles. The summed E-state index contributed by atoms with van der Waals surface area (Å²) >= 11 is 0. The molecule has 0 fully saturated rings. The van der Waals surface area contributed by atoms with E-state index in [0.717, 1.165) is 50.2 Å². The van der Waals surface area contributed by atoms with Crippen molar-refractivity contribution in [2.24, 2.45) is 4.99 Å². The third kappa shape index (κ3) is 8.07. The highest BCUT2D eigenvalue weighted by Crippen LogP contribution is 2.46. The first-order chi connectivity index (χ1) is 28.8. The summed E-state index contributed by atoms with van der Waals surface area (Å²) in [5, 5.41) is 0. The van der Waals surface area contributed by atoms with Crippen LogP contribution in [-0.2, 0) is 10.8 Å². The quantitative estimate of drug-likeness (QED) is 0.134. The molecule has 0 bridgehead atoms. The highest BCUT2D eigenvalue weighted by Gasteiger charge is 2.34. The first-order valence-electron chi connectivity index (χ1n) is 20.5. The molecule has 1 aromatic heterocycles. The summed E-state index contributed by atoms with van der Waals surface area (Å²) in [5.74, 6) is 0.648. The van der Waals surface area contributed by atoms with Gasteiger partial charge in [-0.2, -0.15) is 0 Å². The number of hydrogen-bond acceptors (Lipinski definition) is 2. The van der Waals surface area contributed by atoms with Crippen molar-refractivity contribution in [2.75, 3.05) is 7.11 Å². The monoisotopic (exact) mass is 790 g/mol. The fraction of sp³-hybridized carbons (Fsp3) is 0.167. The van der Waals surface area contributed by atoms with E-state index in [-0.39, 0.29) is 10.8 Å². The summed E-state index contributed by atoms with van der Waals surface area (Å²) < 4.78 is 39.3. The lowest BCUT2D eigenvalue weighted by atomic mass is 9.84. The van der Waals surface area contributed by atoms with E-state index in [1.54, 1.807) is 7.11 Å². The first-order valence-corrected chi connectivity index (χ1v) is 20.5. The second kappa shape index (κ2) is 16.3. The number of methoxy groups -OCH3 is 1. The van der Waals surface area contributed by atoms with Crippen molar-refractivity contribution in [3.8, 4) is 39.3 Å². The number of aromatic nitrogens is 1. The molecule has 2 heterocycles. The second-order valence-electron chi connectivity index (χ2n) is 17.4. The zero-order valence-electron chi connectivity index (χ0n) is 35.3. The van der Waals surface area contributed by atoms with Gasteiger partial charge in [-0.1, -0.05) is 175 Å². The maximum absolute atomic E-state index is 16.3. The maximum Gasteiger partial charge on any atom is 0.678 e. The molecule has 7 aromatic rings. The minimum absolute atomic E-state index is 0.0496. The van der Waals surface area contributed by atoms with Crippen LogP contribution >= 0.6 is 0 Å². The summed E-state index contributed by atoms with van der Waals surface area (Å²) in [4.78, 5) is 5.44. The lowest BCUT2D eigenvalue weighted by Gasteiger charge is -2.21. The minimum atomic E-state index is -2.89. The van der Waals surface area contributed by atoms with Crippen LogP contribution < -0.4 is 4.74 Å². The molecule has 1 aliphatic rings. The van der Waals surface area contributed by atoms with Gasteiger partial charge in [0.05, 0.1) is 24.2 Å². The van der Waals surface area contributed by atoms with Crippen LogP contribution in [0, 0.1) is 0 Å². The van der Waals surface area contributed by atoms with E-state index in [9.17, 15) is 0 Å². The number of ether oxygens (including phenoxy) is 1. The minimum Gasteiger partial charge on any atom is -0.497 e. The molecule has 6 heteroatoms. The van der Waals surface area contributed by atoms with Crippen LogP contribution in [0.25, 0.3) is 44.7 Å². The largest absolute Gasteiger partial charge is 0.678 e. The van der Waals surface area contributed by atoms with E-state index in [1.165, 1.54) is 10.0 Å². The van der Waals surface area contributed by atoms with E-state index in [4.69, 9.17) is 9.73 Å². The number of aliphatic imine (C=N–C) groups is 1.